The molecule has 3 atom stereocenters. The second kappa shape index (κ2) is 14.7. The highest BCUT2D eigenvalue weighted by Crippen LogP contribution is 2.47. The zero-order chi connectivity index (χ0) is 37.6. The predicted molar refractivity (Wildman–Crippen MR) is 212 cm³/mol. The molecule has 0 spiro atoms. The van der Waals surface area contributed by atoms with Crippen LogP contribution in [0.15, 0.2) is 84.9 Å². The summed E-state index contributed by atoms with van der Waals surface area (Å²) in [4.78, 5) is 46.4. The van der Waals surface area contributed by atoms with Gasteiger partial charge in [-0.3, -0.25) is 24.6 Å². The lowest BCUT2D eigenvalue weighted by atomic mass is 9.75. The van der Waals surface area contributed by atoms with E-state index in [-0.39, 0.29) is 41.7 Å². The maximum atomic E-state index is 13.2. The van der Waals surface area contributed by atoms with E-state index in [0.717, 1.165) is 68.4 Å². The van der Waals surface area contributed by atoms with Gasteiger partial charge in [-0.15, -0.1) is 0 Å². The number of piperazine rings is 1. The number of fused-ring (bicyclic) bond motifs is 2. The van der Waals surface area contributed by atoms with Gasteiger partial charge in [0.15, 0.2) is 0 Å². The monoisotopic (exact) mass is 739 g/mol. The van der Waals surface area contributed by atoms with Crippen LogP contribution in [0, 0.1) is 12.8 Å². The van der Waals surface area contributed by atoms with E-state index in [1.54, 1.807) is 17.0 Å². The van der Waals surface area contributed by atoms with E-state index in [9.17, 15) is 19.5 Å². The number of carbonyl (C=O) groups excluding carboxylic acids is 3. The van der Waals surface area contributed by atoms with Crippen LogP contribution < -0.4 is 19.9 Å². The Bertz CT molecular complexity index is 2100. The number of hydrogen-bond acceptors (Lipinski definition) is 8. The first kappa shape index (κ1) is 35.4. The minimum atomic E-state index is -0.590. The van der Waals surface area contributed by atoms with E-state index < -0.39 is 6.04 Å². The fraction of sp³-hybridized carbons (Fsp3) is 0.400. The molecule has 5 aliphatic heterocycles. The van der Waals surface area contributed by atoms with Crippen molar-refractivity contribution < 1.29 is 24.2 Å². The van der Waals surface area contributed by atoms with Crippen LogP contribution in [0.5, 0.6) is 11.5 Å². The first-order valence-corrected chi connectivity index (χ1v) is 19.9. The second-order valence-electron chi connectivity index (χ2n) is 16.1. The molecule has 5 aliphatic rings. The number of piperidine rings is 2. The minimum absolute atomic E-state index is 0.125. The summed E-state index contributed by atoms with van der Waals surface area (Å²) in [6.45, 7) is 10.3. The highest BCUT2D eigenvalue weighted by atomic mass is 16.5. The zero-order valence-corrected chi connectivity index (χ0v) is 31.5. The molecular formula is C45H49N5O5. The summed E-state index contributed by atoms with van der Waals surface area (Å²) < 4.78 is 6.21. The summed E-state index contributed by atoms with van der Waals surface area (Å²) >= 11 is 0. The molecule has 4 aromatic rings. The van der Waals surface area contributed by atoms with Crippen LogP contribution in [0.1, 0.15) is 75.7 Å². The highest BCUT2D eigenvalue weighted by Gasteiger charge is 2.39. The quantitative estimate of drug-likeness (QED) is 0.229. The number of rotatable bonds is 7. The maximum absolute atomic E-state index is 13.2. The summed E-state index contributed by atoms with van der Waals surface area (Å²) in [7, 11) is 0. The Morgan fingerprint density at radius 2 is 1.55 bits per heavy atom. The number of phenolic OH excluding ortho intramolecular Hbond substituents is 1. The van der Waals surface area contributed by atoms with Gasteiger partial charge in [-0.2, -0.15) is 0 Å². The van der Waals surface area contributed by atoms with Gasteiger partial charge in [-0.05, 0) is 85.2 Å². The molecule has 1 unspecified atom stereocenters. The molecule has 0 aromatic heterocycles. The molecular weight excluding hydrogens is 691 g/mol. The number of carbonyl (C=O) groups is 3. The number of phenols is 1. The zero-order valence-electron chi connectivity index (χ0n) is 31.5. The Balaban J connectivity index is 0.785. The number of aromatic hydroxyl groups is 1. The molecule has 3 fully saturated rings. The smallest absolute Gasteiger partial charge is 0.255 e. The molecule has 3 amide bonds. The summed E-state index contributed by atoms with van der Waals surface area (Å²) in [6.07, 6.45) is 2.99. The van der Waals surface area contributed by atoms with Crippen molar-refractivity contribution in [2.45, 2.75) is 57.0 Å². The van der Waals surface area contributed by atoms with Crippen LogP contribution in [0.25, 0.3) is 0 Å². The number of hydrogen-bond donors (Lipinski definition) is 2. The average Bonchev–Trinajstić information content (AvgIpc) is 3.52. The molecule has 10 nitrogen and oxygen atoms in total. The molecule has 3 saturated heterocycles. The van der Waals surface area contributed by atoms with Crippen molar-refractivity contribution in [3.05, 3.63) is 118 Å². The molecule has 284 valence electrons. The topological polar surface area (TPSA) is 106 Å². The Morgan fingerprint density at radius 1 is 0.782 bits per heavy atom. The van der Waals surface area contributed by atoms with Crippen LogP contribution in [0.2, 0.25) is 0 Å². The second-order valence-corrected chi connectivity index (χ2v) is 16.1. The third kappa shape index (κ3) is 7.04. The van der Waals surface area contributed by atoms with E-state index in [1.807, 2.05) is 18.2 Å². The van der Waals surface area contributed by atoms with Crippen molar-refractivity contribution in [1.29, 1.82) is 0 Å². The Morgan fingerprint density at radius 3 is 2.31 bits per heavy atom. The van der Waals surface area contributed by atoms with Gasteiger partial charge in [-0.25, -0.2) is 0 Å². The predicted octanol–water partition coefficient (Wildman–Crippen LogP) is 5.81. The molecule has 2 N–H and O–H groups in total. The number of aryl methyl sites for hydroxylation is 1. The van der Waals surface area contributed by atoms with Crippen LogP contribution in [0.4, 0.5) is 11.4 Å². The largest absolute Gasteiger partial charge is 0.508 e. The van der Waals surface area contributed by atoms with Gasteiger partial charge in [0.05, 0.1) is 6.61 Å². The first-order chi connectivity index (χ1) is 26.8. The number of nitrogens with one attached hydrogen (secondary N) is 1. The van der Waals surface area contributed by atoms with Gasteiger partial charge in [0.2, 0.25) is 11.8 Å². The number of anilines is 2. The Kier molecular flexibility index (Phi) is 9.46. The summed E-state index contributed by atoms with van der Waals surface area (Å²) in [6, 6.07) is 28.9. The van der Waals surface area contributed by atoms with E-state index >= 15 is 0 Å². The fourth-order valence-corrected chi connectivity index (χ4v) is 9.58. The van der Waals surface area contributed by atoms with Crippen molar-refractivity contribution >= 4 is 29.1 Å². The van der Waals surface area contributed by atoms with Crippen molar-refractivity contribution in [2.75, 3.05) is 62.2 Å². The van der Waals surface area contributed by atoms with E-state index in [4.69, 9.17) is 4.74 Å². The van der Waals surface area contributed by atoms with Gasteiger partial charge in [0.1, 0.15) is 17.5 Å². The van der Waals surface area contributed by atoms with Gasteiger partial charge in [0, 0.05) is 99.2 Å². The number of amides is 3. The average molecular weight is 740 g/mol. The highest BCUT2D eigenvalue weighted by molar-refractivity contribution is 6.05. The Hall–Kier alpha value is -5.35. The van der Waals surface area contributed by atoms with Crippen molar-refractivity contribution in [3.8, 4) is 11.5 Å². The molecule has 4 aromatic carbocycles. The molecule has 9 rings (SSSR count). The molecule has 0 aliphatic carbocycles. The number of ether oxygens (including phenoxy) is 1. The lowest BCUT2D eigenvalue weighted by Gasteiger charge is -2.40. The van der Waals surface area contributed by atoms with Crippen molar-refractivity contribution in [3.63, 3.8) is 0 Å². The van der Waals surface area contributed by atoms with Gasteiger partial charge < -0.3 is 24.5 Å². The molecule has 10 heteroatoms. The van der Waals surface area contributed by atoms with E-state index in [1.165, 1.54) is 35.2 Å². The normalized spacial score (nSPS) is 23.3. The molecule has 0 radical (unpaired) electrons. The third-order valence-electron chi connectivity index (χ3n) is 12.6. The summed E-state index contributed by atoms with van der Waals surface area (Å²) in [5, 5.41) is 12.6. The van der Waals surface area contributed by atoms with Crippen LogP contribution in [-0.4, -0.2) is 91.1 Å². The number of benzene rings is 4. The fourth-order valence-electron chi connectivity index (χ4n) is 9.58. The van der Waals surface area contributed by atoms with E-state index in [2.05, 4.69) is 81.5 Å². The summed E-state index contributed by atoms with van der Waals surface area (Å²) in [5.41, 5.74) is 8.92. The van der Waals surface area contributed by atoms with Gasteiger partial charge in [0.25, 0.3) is 5.91 Å². The molecule has 0 saturated carbocycles. The molecule has 55 heavy (non-hydrogen) atoms. The van der Waals surface area contributed by atoms with Crippen LogP contribution >= 0.6 is 0 Å². The maximum Gasteiger partial charge on any atom is 0.255 e. The lowest BCUT2D eigenvalue weighted by Crippen LogP contribution is -2.52. The molecule has 0 bridgehead atoms. The SMILES string of the molecule is Cc1cccc([C@H]2COc3cc(O)ccc3C2c2ccc(N3CCC(CN4CCN(c5ccc6c(c5)CN([C@H]5CCC(=O)NC5=O)C6=O)CC4)CC3)cc2)c1. The standard InChI is InChI=1S/C45H49N5O5/c1-29-3-2-4-32(23-29)39-28-55-41-25-36(51)10-12-38(41)43(39)31-5-7-34(8-6-31)48-17-15-30(16-18-48)26-47-19-21-49(22-20-47)35-9-11-37-33(24-35)27-50(45(37)54)40-13-14-42(52)46-44(40)53/h2-12,23-25,30,39-40,43,51H,13-22,26-28H2,1H3,(H,46,52,53)/t39-,40+,43?/m1/s1. The van der Waals surface area contributed by atoms with E-state index in [0.29, 0.717) is 31.1 Å². The van der Waals surface area contributed by atoms with Crippen molar-refractivity contribution in [2.24, 2.45) is 5.92 Å². The lowest BCUT2D eigenvalue weighted by molar-refractivity contribution is -0.136. The number of imide groups is 1. The third-order valence-corrected chi connectivity index (χ3v) is 12.6. The Labute approximate surface area is 322 Å². The first-order valence-electron chi connectivity index (χ1n) is 19.9. The molecule has 5 heterocycles. The number of nitrogens with zero attached hydrogens (tertiary/aromatic N) is 4. The van der Waals surface area contributed by atoms with Crippen molar-refractivity contribution in [1.82, 2.24) is 15.1 Å². The minimum Gasteiger partial charge on any atom is -0.508 e. The van der Waals surface area contributed by atoms with Crippen LogP contribution in [0.3, 0.4) is 0 Å². The van der Waals surface area contributed by atoms with Crippen LogP contribution in [-0.2, 0) is 16.1 Å². The van der Waals surface area contributed by atoms with Gasteiger partial charge >= 0.3 is 0 Å². The summed E-state index contributed by atoms with van der Waals surface area (Å²) in [5.74, 6) is 1.21. The van der Waals surface area contributed by atoms with Gasteiger partial charge in [-0.1, -0.05) is 48.0 Å².